The first kappa shape index (κ1) is 44.1. The Bertz CT molecular complexity index is 2650. The molecule has 0 radical (unpaired) electrons. The van der Waals surface area contributed by atoms with E-state index in [1.807, 2.05) is 54.6 Å². The molecule has 0 saturated heterocycles. The van der Waals surface area contributed by atoms with Gasteiger partial charge in [-0.25, -0.2) is 0 Å². The maximum atomic E-state index is 7.37. The minimum absolute atomic E-state index is 0.281. The summed E-state index contributed by atoms with van der Waals surface area (Å²) in [7, 11) is 0.992. The molecule has 9 nitrogen and oxygen atoms in total. The molecule has 2 heterocycles. The number of benzene rings is 5. The van der Waals surface area contributed by atoms with Gasteiger partial charge in [0.25, 0.3) is 0 Å². The Morgan fingerprint density at radius 2 is 0.852 bits per heavy atom. The maximum Gasteiger partial charge on any atom is 0.530 e. The van der Waals surface area contributed by atoms with E-state index in [1.54, 1.807) is 21.3 Å². The van der Waals surface area contributed by atoms with E-state index in [-0.39, 0.29) is 10.8 Å². The lowest BCUT2D eigenvalue weighted by Gasteiger charge is -2.28. The van der Waals surface area contributed by atoms with Gasteiger partial charge in [0, 0.05) is 44.2 Å². The van der Waals surface area contributed by atoms with Crippen LogP contribution in [0.2, 0.25) is 0 Å². The van der Waals surface area contributed by atoms with Gasteiger partial charge >= 0.3 is 16.8 Å². The summed E-state index contributed by atoms with van der Waals surface area (Å²) in [5.74, 6) is 4.41. The van der Waals surface area contributed by atoms with Crippen molar-refractivity contribution in [3.8, 4) is 51.4 Å². The van der Waals surface area contributed by atoms with Gasteiger partial charge in [-0.15, -0.1) is 0 Å². The van der Waals surface area contributed by atoms with Crippen LogP contribution in [-0.4, -0.2) is 21.3 Å². The molecule has 0 fully saturated rings. The molecule has 0 aliphatic carbocycles. The second-order valence-electron chi connectivity index (χ2n) is 19.8. The standard InChI is InChI=1S/C50H60O9P2/c1-29-21-33-34-23-30(51-14)26-38(48(5,6)7)44(34)58-61(57-43(33)37(22-29)47(2,3)4)59-46-36(25-32(53-16)28-40(46)50(11,12)13)35-24-31(52-15)27-39(49(8,9)10)45(35)56-60-54-41-19-17-18-20-42(41)55-60/h17-28H,1-16H3. The molecule has 5 aromatic carbocycles. The van der Waals surface area contributed by atoms with Crippen LogP contribution in [0.3, 0.4) is 0 Å². The van der Waals surface area contributed by atoms with Gasteiger partial charge < -0.3 is 40.7 Å². The van der Waals surface area contributed by atoms with E-state index in [2.05, 4.69) is 108 Å². The van der Waals surface area contributed by atoms with Crippen molar-refractivity contribution in [2.45, 2.75) is 112 Å². The predicted molar refractivity (Wildman–Crippen MR) is 249 cm³/mol. The van der Waals surface area contributed by atoms with Crippen molar-refractivity contribution in [2.75, 3.05) is 21.3 Å². The van der Waals surface area contributed by atoms with Crippen molar-refractivity contribution in [2.24, 2.45) is 0 Å². The average molecular weight is 867 g/mol. The summed E-state index contributed by atoms with van der Waals surface area (Å²) in [6.45, 7) is 28.1. The lowest BCUT2D eigenvalue weighted by Crippen LogP contribution is -2.15. The highest BCUT2D eigenvalue weighted by molar-refractivity contribution is 7.43. The van der Waals surface area contributed by atoms with Crippen LogP contribution >= 0.6 is 16.8 Å². The van der Waals surface area contributed by atoms with Crippen LogP contribution in [0.25, 0.3) is 33.1 Å². The molecule has 7 rings (SSSR count). The van der Waals surface area contributed by atoms with Crippen LogP contribution in [0.4, 0.5) is 0 Å². The lowest BCUT2D eigenvalue weighted by molar-refractivity contribution is 0.405. The van der Waals surface area contributed by atoms with Gasteiger partial charge in [-0.1, -0.05) is 101 Å². The van der Waals surface area contributed by atoms with Crippen molar-refractivity contribution in [1.82, 2.24) is 0 Å². The minimum atomic E-state index is -2.18. The Balaban J connectivity index is 1.59. The Morgan fingerprint density at radius 3 is 1.30 bits per heavy atom. The highest BCUT2D eigenvalue weighted by Crippen LogP contribution is 2.58. The fourth-order valence-electron chi connectivity index (χ4n) is 7.53. The summed E-state index contributed by atoms with van der Waals surface area (Å²) < 4.78 is 59.1. The molecular weight excluding hydrogens is 806 g/mol. The number of ether oxygens (including phenoxy) is 3. The molecule has 11 heteroatoms. The fourth-order valence-corrected chi connectivity index (χ4v) is 9.76. The summed E-state index contributed by atoms with van der Waals surface area (Å²) >= 11 is 0. The molecule has 1 aromatic heterocycles. The quantitative estimate of drug-likeness (QED) is 0.139. The third kappa shape index (κ3) is 8.88. The van der Waals surface area contributed by atoms with Crippen LogP contribution < -0.4 is 32.3 Å². The second-order valence-corrected chi connectivity index (χ2v) is 21.8. The molecule has 1 aliphatic heterocycles. The molecule has 324 valence electrons. The van der Waals surface area contributed by atoms with Crippen molar-refractivity contribution in [3.05, 3.63) is 101 Å². The number of para-hydroxylation sites is 2. The lowest BCUT2D eigenvalue weighted by atomic mass is 9.81. The molecule has 1 aliphatic rings. The second kappa shape index (κ2) is 16.1. The fraction of sp³-hybridized carbons (Fsp3) is 0.400. The topological polar surface area (TPSA) is 90.9 Å². The number of fused-ring (bicyclic) bond motifs is 4. The van der Waals surface area contributed by atoms with Crippen molar-refractivity contribution in [1.29, 1.82) is 0 Å². The van der Waals surface area contributed by atoms with Crippen LogP contribution in [0, 0.1) is 6.92 Å². The number of methoxy groups -OCH3 is 3. The highest BCUT2D eigenvalue weighted by atomic mass is 31.2. The summed E-state index contributed by atoms with van der Waals surface area (Å²) in [5, 5.41) is 1.80. The Morgan fingerprint density at radius 1 is 0.459 bits per heavy atom. The minimum Gasteiger partial charge on any atom is -0.497 e. The first-order valence-corrected chi connectivity index (χ1v) is 22.8. The predicted octanol–water partition coefficient (Wildman–Crippen LogP) is 15.4. The zero-order chi connectivity index (χ0) is 44.4. The van der Waals surface area contributed by atoms with Crippen LogP contribution in [0.15, 0.2) is 81.2 Å². The van der Waals surface area contributed by atoms with Gasteiger partial charge in [0.1, 0.15) is 39.9 Å². The average Bonchev–Trinajstić information content (AvgIpc) is 3.52. The van der Waals surface area contributed by atoms with Gasteiger partial charge in [0.05, 0.1) is 21.3 Å². The number of hydrogen-bond acceptors (Lipinski definition) is 9. The Labute approximate surface area is 363 Å². The van der Waals surface area contributed by atoms with E-state index in [1.165, 1.54) is 0 Å². The molecule has 1 atom stereocenters. The van der Waals surface area contributed by atoms with E-state index in [0.29, 0.717) is 56.8 Å². The molecule has 0 bridgehead atoms. The van der Waals surface area contributed by atoms with Gasteiger partial charge in [-0.2, -0.15) is 0 Å². The molecular formula is C50H60O9P2. The van der Waals surface area contributed by atoms with Gasteiger partial charge in [-0.05, 0) is 88.7 Å². The molecule has 0 spiro atoms. The normalized spacial score (nSPS) is 13.7. The Kier molecular flexibility index (Phi) is 11.6. The number of rotatable bonds is 8. The number of aryl methyl sites for hydroxylation is 1. The van der Waals surface area contributed by atoms with Crippen LogP contribution in [0.5, 0.6) is 40.2 Å². The monoisotopic (exact) mass is 866 g/mol. The molecule has 6 aromatic rings. The Hall–Kier alpha value is -4.97. The van der Waals surface area contributed by atoms with E-state index in [9.17, 15) is 0 Å². The van der Waals surface area contributed by atoms with Gasteiger partial charge in [0.2, 0.25) is 0 Å². The van der Waals surface area contributed by atoms with Gasteiger partial charge in [0.15, 0.2) is 11.5 Å². The van der Waals surface area contributed by atoms with Crippen molar-refractivity contribution >= 4 is 38.8 Å². The smallest absolute Gasteiger partial charge is 0.497 e. The SMILES string of the molecule is COc1cc(-c2cc(OC)cc(C(C)(C)C)c2Op2oc3c(C(C)(C)C)cc(C)cc3c3cc(OC)cc(C(C)(C)C)c3o2)c(OP2Oc3ccccc3O2)c(C(C)(C)C)c1. The van der Waals surface area contributed by atoms with E-state index < -0.39 is 27.7 Å². The van der Waals surface area contributed by atoms with Crippen molar-refractivity contribution in [3.63, 3.8) is 0 Å². The van der Waals surface area contributed by atoms with Crippen molar-refractivity contribution < 1.29 is 40.7 Å². The zero-order valence-corrected chi connectivity index (χ0v) is 40.3. The van der Waals surface area contributed by atoms with Crippen LogP contribution in [-0.2, 0) is 21.7 Å². The highest BCUT2D eigenvalue weighted by Gasteiger charge is 2.36. The zero-order valence-electron chi connectivity index (χ0n) is 38.5. The first-order chi connectivity index (χ1) is 28.5. The van der Waals surface area contributed by atoms with E-state index in [0.717, 1.165) is 44.3 Å². The van der Waals surface area contributed by atoms with E-state index >= 15 is 0 Å². The van der Waals surface area contributed by atoms with Crippen LogP contribution in [0.1, 0.15) is 111 Å². The largest absolute Gasteiger partial charge is 0.530 e. The third-order valence-electron chi connectivity index (χ3n) is 10.8. The summed E-state index contributed by atoms with van der Waals surface area (Å²) in [5.41, 5.74) is 6.24. The summed E-state index contributed by atoms with van der Waals surface area (Å²) in [6.07, 6.45) is 0. The summed E-state index contributed by atoms with van der Waals surface area (Å²) in [6, 6.07) is 24.0. The van der Waals surface area contributed by atoms with Gasteiger partial charge in [-0.3, -0.25) is 0 Å². The molecule has 0 N–H and O–H groups in total. The first-order valence-electron chi connectivity index (χ1n) is 20.6. The molecule has 61 heavy (non-hydrogen) atoms. The molecule has 0 saturated carbocycles. The summed E-state index contributed by atoms with van der Waals surface area (Å²) in [4.78, 5) is 0. The number of hydrogen-bond donors (Lipinski definition) is 0. The van der Waals surface area contributed by atoms with E-state index in [4.69, 9.17) is 40.7 Å². The maximum absolute atomic E-state index is 7.37. The molecule has 1 unspecified atom stereocenters. The molecule has 0 amide bonds. The third-order valence-corrected chi connectivity index (χ3v) is 12.8.